The standard InChI is InChI=1S/C62H44N2/c1-41-24-36-58-54(38-41)52-35-34-49(40-59(52)62(58)56-21-11-8-18-50(56)51-19-9-12-22-57(51)62)63(47-30-25-43(26-31-47)42-14-4-2-5-15-42)48-32-27-44(28-33-48)45-29-37-61-55(39-45)53-20-10-13-23-60(53)64(61)46-16-6-3-7-17-46/h2-37,39-41H,38H2,1H3. The maximum Gasteiger partial charge on any atom is 0.0722 e. The van der Waals surface area contributed by atoms with Gasteiger partial charge in [0, 0.05) is 33.5 Å². The van der Waals surface area contributed by atoms with Crippen LogP contribution in [0.3, 0.4) is 0 Å². The number of hydrogen-bond donors (Lipinski definition) is 0. The molecule has 9 aromatic carbocycles. The van der Waals surface area contributed by atoms with Gasteiger partial charge in [-0.1, -0.05) is 171 Å². The third-order valence-corrected chi connectivity index (χ3v) is 14.2. The lowest BCUT2D eigenvalue weighted by Crippen LogP contribution is -2.27. The van der Waals surface area contributed by atoms with Gasteiger partial charge < -0.3 is 9.47 Å². The Balaban J connectivity index is 0.966. The molecule has 1 atom stereocenters. The maximum absolute atomic E-state index is 2.51. The Kier molecular flexibility index (Phi) is 8.20. The maximum atomic E-state index is 2.51. The number of rotatable bonds is 6. The zero-order valence-corrected chi connectivity index (χ0v) is 35.6. The first-order valence-electron chi connectivity index (χ1n) is 22.6. The van der Waals surface area contributed by atoms with Crippen LogP contribution in [0.5, 0.6) is 0 Å². The van der Waals surface area contributed by atoms with Crippen LogP contribution in [0.4, 0.5) is 17.1 Å². The van der Waals surface area contributed by atoms with Crippen LogP contribution in [0.2, 0.25) is 0 Å². The molecule has 3 aliphatic carbocycles. The minimum Gasteiger partial charge on any atom is -0.310 e. The zero-order valence-electron chi connectivity index (χ0n) is 35.6. The van der Waals surface area contributed by atoms with Crippen LogP contribution in [0.25, 0.3) is 66.4 Å². The second-order valence-corrected chi connectivity index (χ2v) is 17.7. The summed E-state index contributed by atoms with van der Waals surface area (Å²) >= 11 is 0. The largest absolute Gasteiger partial charge is 0.310 e. The molecular formula is C62H44N2. The van der Waals surface area contributed by atoms with E-state index in [-0.39, 0.29) is 5.41 Å². The Labute approximate surface area is 374 Å². The van der Waals surface area contributed by atoms with Crippen LogP contribution in [0.1, 0.15) is 35.6 Å². The fourth-order valence-corrected chi connectivity index (χ4v) is 11.4. The van der Waals surface area contributed by atoms with Crippen molar-refractivity contribution in [2.45, 2.75) is 18.8 Å². The van der Waals surface area contributed by atoms with Crippen molar-refractivity contribution in [1.82, 2.24) is 4.57 Å². The summed E-state index contributed by atoms with van der Waals surface area (Å²) in [4.78, 5) is 2.45. The molecule has 64 heavy (non-hydrogen) atoms. The molecule has 0 amide bonds. The minimum atomic E-state index is -0.389. The molecule has 0 aliphatic heterocycles. The molecule has 302 valence electrons. The SMILES string of the molecule is CC1C=CC2=C(C1)c1ccc(N(c3ccc(-c4ccccc4)cc3)c3ccc(-c4ccc5c(c4)c4ccccc4n5-c4ccccc4)cc3)cc1C21c2ccccc2-c2ccccc21. The second-order valence-electron chi connectivity index (χ2n) is 17.7. The summed E-state index contributed by atoms with van der Waals surface area (Å²) in [6.07, 6.45) is 5.92. The van der Waals surface area contributed by atoms with E-state index in [1.165, 1.54) is 94.3 Å². The van der Waals surface area contributed by atoms with Gasteiger partial charge in [-0.3, -0.25) is 0 Å². The monoisotopic (exact) mass is 816 g/mol. The smallest absolute Gasteiger partial charge is 0.0722 e. The van der Waals surface area contributed by atoms with Crippen molar-refractivity contribution in [3.05, 3.63) is 258 Å². The average molecular weight is 817 g/mol. The van der Waals surface area contributed by atoms with Gasteiger partial charge in [0.1, 0.15) is 0 Å². The van der Waals surface area contributed by atoms with Crippen molar-refractivity contribution >= 4 is 44.4 Å². The quantitative estimate of drug-likeness (QED) is 0.162. The van der Waals surface area contributed by atoms with Gasteiger partial charge in [0.05, 0.1) is 16.4 Å². The Bertz CT molecular complexity index is 3470. The Morgan fingerprint density at radius 3 is 1.69 bits per heavy atom. The lowest BCUT2D eigenvalue weighted by Gasteiger charge is -2.33. The molecule has 0 radical (unpaired) electrons. The van der Waals surface area contributed by atoms with Crippen LogP contribution < -0.4 is 4.90 Å². The van der Waals surface area contributed by atoms with Crippen molar-refractivity contribution in [3.8, 4) is 39.1 Å². The lowest BCUT2D eigenvalue weighted by molar-refractivity contribution is 0.725. The van der Waals surface area contributed by atoms with E-state index in [1.54, 1.807) is 0 Å². The average Bonchev–Trinajstić information content (AvgIpc) is 3.96. The molecule has 13 rings (SSSR count). The van der Waals surface area contributed by atoms with Crippen molar-refractivity contribution < 1.29 is 0 Å². The molecule has 0 saturated heterocycles. The second kappa shape index (κ2) is 14.3. The van der Waals surface area contributed by atoms with Crippen molar-refractivity contribution in [1.29, 1.82) is 0 Å². The van der Waals surface area contributed by atoms with Gasteiger partial charge in [0.25, 0.3) is 0 Å². The number of nitrogens with zero attached hydrogens (tertiary/aromatic N) is 2. The number of anilines is 3. The highest BCUT2D eigenvalue weighted by Gasteiger charge is 2.52. The minimum absolute atomic E-state index is 0.389. The Morgan fingerprint density at radius 1 is 0.438 bits per heavy atom. The van der Waals surface area contributed by atoms with Gasteiger partial charge in [-0.15, -0.1) is 0 Å². The fraction of sp³-hybridized carbons (Fsp3) is 0.0645. The van der Waals surface area contributed by atoms with Crippen molar-refractivity contribution in [2.24, 2.45) is 5.92 Å². The Hall–Kier alpha value is -7.94. The molecule has 0 saturated carbocycles. The predicted molar refractivity (Wildman–Crippen MR) is 268 cm³/mol. The van der Waals surface area contributed by atoms with Crippen molar-refractivity contribution in [3.63, 3.8) is 0 Å². The Morgan fingerprint density at radius 2 is 0.984 bits per heavy atom. The number of fused-ring (bicyclic) bond motifs is 12. The van der Waals surface area contributed by atoms with E-state index in [9.17, 15) is 0 Å². The van der Waals surface area contributed by atoms with E-state index in [4.69, 9.17) is 0 Å². The third kappa shape index (κ3) is 5.39. The number of benzene rings is 9. The highest BCUT2D eigenvalue weighted by atomic mass is 15.1. The first kappa shape index (κ1) is 36.7. The molecule has 0 N–H and O–H groups in total. The van der Waals surface area contributed by atoms with E-state index in [1.807, 2.05) is 0 Å². The van der Waals surface area contributed by atoms with Gasteiger partial charge in [0.15, 0.2) is 0 Å². The van der Waals surface area contributed by atoms with Crippen LogP contribution >= 0.6 is 0 Å². The summed E-state index contributed by atoms with van der Waals surface area (Å²) in [7, 11) is 0. The van der Waals surface area contributed by atoms with E-state index in [0.29, 0.717) is 5.92 Å². The number of hydrogen-bond acceptors (Lipinski definition) is 1. The van der Waals surface area contributed by atoms with E-state index >= 15 is 0 Å². The summed E-state index contributed by atoms with van der Waals surface area (Å²) in [5.74, 6) is 0.481. The number of para-hydroxylation sites is 2. The van der Waals surface area contributed by atoms with Crippen LogP contribution in [0.15, 0.2) is 236 Å². The normalized spacial score (nSPS) is 15.4. The van der Waals surface area contributed by atoms with Gasteiger partial charge in [-0.2, -0.15) is 0 Å². The molecule has 10 aromatic rings. The molecule has 3 aliphatic rings. The highest BCUT2D eigenvalue weighted by Crippen LogP contribution is 2.64. The summed E-state index contributed by atoms with van der Waals surface area (Å²) in [6, 6.07) is 80.8. The van der Waals surface area contributed by atoms with Crippen LogP contribution in [0, 0.1) is 5.92 Å². The predicted octanol–water partition coefficient (Wildman–Crippen LogP) is 16.3. The summed E-state index contributed by atoms with van der Waals surface area (Å²) < 4.78 is 2.38. The number of allylic oxidation sites excluding steroid dienone is 4. The third-order valence-electron chi connectivity index (χ3n) is 14.2. The molecular weight excluding hydrogens is 773 g/mol. The molecule has 1 aromatic heterocycles. The molecule has 0 bridgehead atoms. The van der Waals surface area contributed by atoms with Crippen LogP contribution in [-0.4, -0.2) is 4.57 Å². The summed E-state index contributed by atoms with van der Waals surface area (Å²) in [5, 5.41) is 2.51. The molecule has 1 heterocycles. The van der Waals surface area contributed by atoms with E-state index < -0.39 is 0 Å². The van der Waals surface area contributed by atoms with Crippen molar-refractivity contribution in [2.75, 3.05) is 4.90 Å². The zero-order chi connectivity index (χ0) is 42.4. The highest BCUT2D eigenvalue weighted by molar-refractivity contribution is 6.10. The molecule has 1 spiro atoms. The van der Waals surface area contributed by atoms with E-state index in [2.05, 4.69) is 247 Å². The summed E-state index contributed by atoms with van der Waals surface area (Å²) in [5.41, 5.74) is 22.5. The first-order valence-corrected chi connectivity index (χ1v) is 22.6. The molecule has 2 heteroatoms. The van der Waals surface area contributed by atoms with Crippen LogP contribution in [-0.2, 0) is 5.41 Å². The van der Waals surface area contributed by atoms with Gasteiger partial charge >= 0.3 is 0 Å². The fourth-order valence-electron chi connectivity index (χ4n) is 11.4. The number of aromatic nitrogens is 1. The lowest BCUT2D eigenvalue weighted by atomic mass is 9.68. The molecule has 1 unspecified atom stereocenters. The molecule has 2 nitrogen and oxygen atoms in total. The van der Waals surface area contributed by atoms with E-state index in [0.717, 1.165) is 23.5 Å². The first-order chi connectivity index (χ1) is 31.6. The van der Waals surface area contributed by atoms with Gasteiger partial charge in [-0.25, -0.2) is 0 Å². The topological polar surface area (TPSA) is 8.17 Å². The van der Waals surface area contributed by atoms with Gasteiger partial charge in [-0.05, 0) is 146 Å². The van der Waals surface area contributed by atoms with Gasteiger partial charge in [0.2, 0.25) is 0 Å². The summed E-state index contributed by atoms with van der Waals surface area (Å²) in [6.45, 7) is 2.35. The molecule has 0 fully saturated rings.